The molecule has 0 unspecified atom stereocenters. The highest BCUT2D eigenvalue weighted by Crippen LogP contribution is 2.31. The average molecular weight is 315 g/mol. The maximum atomic E-state index is 9.80. The smallest absolute Gasteiger partial charge is 0.139 e. The van der Waals surface area contributed by atoms with Gasteiger partial charge in [-0.1, -0.05) is 36.4 Å². The van der Waals surface area contributed by atoms with Crippen molar-refractivity contribution in [1.29, 1.82) is 0 Å². The van der Waals surface area contributed by atoms with Crippen LogP contribution in [-0.2, 0) is 0 Å². The van der Waals surface area contributed by atoms with E-state index in [1.54, 1.807) is 18.3 Å². The molecule has 0 bridgehead atoms. The number of nitrogens with one attached hydrogen (secondary N) is 1. The van der Waals surface area contributed by atoms with Gasteiger partial charge in [-0.2, -0.15) is 0 Å². The first-order chi connectivity index (χ1) is 9.25. The Morgan fingerprint density at radius 2 is 1.63 bits per heavy atom. The van der Waals surface area contributed by atoms with Gasteiger partial charge < -0.3 is 10.4 Å². The molecule has 3 rings (SSSR count). The number of para-hydroxylation sites is 2. The summed E-state index contributed by atoms with van der Waals surface area (Å²) >= 11 is 3.49. The van der Waals surface area contributed by atoms with Crippen LogP contribution >= 0.6 is 15.9 Å². The molecule has 0 saturated carbocycles. The minimum atomic E-state index is 0.205. The SMILES string of the molecule is Oc1ccccc1Nc1ncc(Br)c2ccccc12. The second-order valence-electron chi connectivity index (χ2n) is 4.14. The molecule has 19 heavy (non-hydrogen) atoms. The molecule has 0 fully saturated rings. The summed E-state index contributed by atoms with van der Waals surface area (Å²) in [5.74, 6) is 0.927. The van der Waals surface area contributed by atoms with Gasteiger partial charge in [0.05, 0.1) is 5.69 Å². The summed E-state index contributed by atoms with van der Waals surface area (Å²) in [4.78, 5) is 4.37. The Bertz CT molecular complexity index is 743. The molecule has 4 heteroatoms. The van der Waals surface area contributed by atoms with Crippen molar-refractivity contribution in [3.8, 4) is 5.75 Å². The number of aromatic nitrogens is 1. The second-order valence-corrected chi connectivity index (χ2v) is 5.00. The molecule has 0 aliphatic carbocycles. The topological polar surface area (TPSA) is 45.1 Å². The van der Waals surface area contributed by atoms with Crippen LogP contribution in [0, 0.1) is 0 Å². The molecule has 0 saturated heterocycles. The molecule has 0 aliphatic heterocycles. The second kappa shape index (κ2) is 4.90. The standard InChI is InChI=1S/C15H11BrN2O/c16-12-9-17-15(11-6-2-1-5-10(11)12)18-13-7-3-4-8-14(13)19/h1-9,19H,(H,17,18). The van der Waals surface area contributed by atoms with Gasteiger partial charge in [-0.3, -0.25) is 0 Å². The molecular formula is C15H11BrN2O. The first-order valence-electron chi connectivity index (χ1n) is 5.84. The number of hydrogen-bond acceptors (Lipinski definition) is 3. The van der Waals surface area contributed by atoms with Crippen LogP contribution in [0.25, 0.3) is 10.8 Å². The van der Waals surface area contributed by atoms with Crippen molar-refractivity contribution in [3.63, 3.8) is 0 Å². The lowest BCUT2D eigenvalue weighted by atomic mass is 10.1. The maximum Gasteiger partial charge on any atom is 0.139 e. The van der Waals surface area contributed by atoms with Crippen molar-refractivity contribution in [2.24, 2.45) is 0 Å². The third kappa shape index (κ3) is 2.27. The Hall–Kier alpha value is -2.07. The monoisotopic (exact) mass is 314 g/mol. The summed E-state index contributed by atoms with van der Waals surface area (Å²) in [5.41, 5.74) is 0.641. The first kappa shape index (κ1) is 12.0. The molecule has 0 aliphatic rings. The van der Waals surface area contributed by atoms with Crippen LogP contribution in [-0.4, -0.2) is 10.1 Å². The number of pyridine rings is 1. The molecule has 2 aromatic carbocycles. The van der Waals surface area contributed by atoms with Crippen LogP contribution in [0.3, 0.4) is 0 Å². The van der Waals surface area contributed by atoms with Gasteiger partial charge in [-0.25, -0.2) is 4.98 Å². The van der Waals surface area contributed by atoms with Gasteiger partial charge in [0.2, 0.25) is 0 Å². The van der Waals surface area contributed by atoms with Crippen molar-refractivity contribution < 1.29 is 5.11 Å². The summed E-state index contributed by atoms with van der Waals surface area (Å²) in [6, 6.07) is 15.1. The fraction of sp³-hybridized carbons (Fsp3) is 0. The van der Waals surface area contributed by atoms with Crippen LogP contribution in [0.1, 0.15) is 0 Å². The summed E-state index contributed by atoms with van der Waals surface area (Å²) in [7, 11) is 0. The fourth-order valence-corrected chi connectivity index (χ4v) is 2.41. The Morgan fingerprint density at radius 1 is 0.947 bits per heavy atom. The highest BCUT2D eigenvalue weighted by molar-refractivity contribution is 9.10. The normalized spacial score (nSPS) is 10.6. The average Bonchev–Trinajstić information content (AvgIpc) is 2.44. The van der Waals surface area contributed by atoms with Gasteiger partial charge in [-0.15, -0.1) is 0 Å². The van der Waals surface area contributed by atoms with Crippen molar-refractivity contribution >= 4 is 38.2 Å². The summed E-state index contributed by atoms with van der Waals surface area (Å²) < 4.78 is 0.950. The highest BCUT2D eigenvalue weighted by Gasteiger charge is 2.07. The summed E-state index contributed by atoms with van der Waals surface area (Å²) in [5, 5.41) is 15.0. The number of halogens is 1. The van der Waals surface area contributed by atoms with E-state index in [2.05, 4.69) is 26.2 Å². The van der Waals surface area contributed by atoms with Gasteiger partial charge in [0.1, 0.15) is 11.6 Å². The lowest BCUT2D eigenvalue weighted by Crippen LogP contribution is -1.95. The van der Waals surface area contributed by atoms with Crippen LogP contribution < -0.4 is 5.32 Å². The van der Waals surface area contributed by atoms with E-state index in [1.807, 2.05) is 36.4 Å². The van der Waals surface area contributed by atoms with Crippen LogP contribution in [0.2, 0.25) is 0 Å². The number of anilines is 2. The minimum Gasteiger partial charge on any atom is -0.506 e. The van der Waals surface area contributed by atoms with E-state index >= 15 is 0 Å². The van der Waals surface area contributed by atoms with Gasteiger partial charge >= 0.3 is 0 Å². The quantitative estimate of drug-likeness (QED) is 0.687. The zero-order valence-corrected chi connectivity index (χ0v) is 11.6. The van der Waals surface area contributed by atoms with Crippen LogP contribution in [0.15, 0.2) is 59.2 Å². The van der Waals surface area contributed by atoms with E-state index in [9.17, 15) is 5.11 Å². The van der Waals surface area contributed by atoms with E-state index < -0.39 is 0 Å². The van der Waals surface area contributed by atoms with E-state index in [0.29, 0.717) is 5.69 Å². The number of rotatable bonds is 2. The zero-order valence-electron chi connectivity index (χ0n) is 9.97. The van der Waals surface area contributed by atoms with Gasteiger partial charge in [-0.05, 0) is 28.1 Å². The molecule has 3 aromatic rings. The molecular weight excluding hydrogens is 304 g/mol. The largest absolute Gasteiger partial charge is 0.506 e. The Kier molecular flexibility index (Phi) is 3.09. The predicted octanol–water partition coefficient (Wildman–Crippen LogP) is 4.45. The molecule has 0 atom stereocenters. The summed E-state index contributed by atoms with van der Waals surface area (Å²) in [6.45, 7) is 0. The molecule has 94 valence electrons. The Labute approximate surface area is 119 Å². The van der Waals surface area contributed by atoms with Gasteiger partial charge in [0.25, 0.3) is 0 Å². The molecule has 0 radical (unpaired) electrons. The number of aromatic hydroxyl groups is 1. The van der Waals surface area contributed by atoms with E-state index in [-0.39, 0.29) is 5.75 Å². The van der Waals surface area contributed by atoms with Crippen LogP contribution in [0.5, 0.6) is 5.75 Å². The summed E-state index contributed by atoms with van der Waals surface area (Å²) in [6.07, 6.45) is 1.75. The third-order valence-electron chi connectivity index (χ3n) is 2.90. The number of phenols is 1. The highest BCUT2D eigenvalue weighted by atomic mass is 79.9. The molecule has 2 N–H and O–H groups in total. The van der Waals surface area contributed by atoms with Gasteiger partial charge in [0, 0.05) is 21.4 Å². The molecule has 1 heterocycles. The Morgan fingerprint density at radius 3 is 2.42 bits per heavy atom. The predicted molar refractivity (Wildman–Crippen MR) is 80.8 cm³/mol. The number of hydrogen-bond donors (Lipinski definition) is 2. The van der Waals surface area contributed by atoms with Gasteiger partial charge in [0.15, 0.2) is 0 Å². The zero-order chi connectivity index (χ0) is 13.2. The fourth-order valence-electron chi connectivity index (χ4n) is 1.96. The molecule has 0 spiro atoms. The van der Waals surface area contributed by atoms with Crippen molar-refractivity contribution in [2.45, 2.75) is 0 Å². The van der Waals surface area contributed by atoms with E-state index in [0.717, 1.165) is 21.1 Å². The van der Waals surface area contributed by atoms with Crippen molar-refractivity contribution in [3.05, 3.63) is 59.2 Å². The molecule has 0 amide bonds. The lowest BCUT2D eigenvalue weighted by Gasteiger charge is -2.10. The lowest BCUT2D eigenvalue weighted by molar-refractivity contribution is 0.478. The number of fused-ring (bicyclic) bond motifs is 1. The minimum absolute atomic E-state index is 0.205. The number of benzene rings is 2. The number of nitrogens with zero attached hydrogens (tertiary/aromatic N) is 1. The molecule has 1 aromatic heterocycles. The molecule has 3 nitrogen and oxygen atoms in total. The number of phenolic OH excluding ortho intramolecular Hbond substituents is 1. The van der Waals surface area contributed by atoms with E-state index in [4.69, 9.17) is 0 Å². The van der Waals surface area contributed by atoms with Crippen molar-refractivity contribution in [2.75, 3.05) is 5.32 Å². The third-order valence-corrected chi connectivity index (χ3v) is 3.54. The van der Waals surface area contributed by atoms with E-state index in [1.165, 1.54) is 0 Å². The Balaban J connectivity index is 2.12. The maximum absolute atomic E-state index is 9.80. The first-order valence-corrected chi connectivity index (χ1v) is 6.63. The van der Waals surface area contributed by atoms with Crippen LogP contribution in [0.4, 0.5) is 11.5 Å². The van der Waals surface area contributed by atoms with Crippen molar-refractivity contribution in [1.82, 2.24) is 4.98 Å².